The summed E-state index contributed by atoms with van der Waals surface area (Å²) < 4.78 is 0. The molecule has 18 heavy (non-hydrogen) atoms. The molecule has 1 nitrogen and oxygen atoms in total. The van der Waals surface area contributed by atoms with E-state index < -0.39 is 0 Å². The van der Waals surface area contributed by atoms with Gasteiger partial charge in [0.1, 0.15) is 5.75 Å². The smallest absolute Gasteiger partial charge is 0.115 e. The van der Waals surface area contributed by atoms with Crippen LogP contribution >= 0.6 is 11.6 Å². The minimum atomic E-state index is 0.286. The number of rotatable bonds is 4. The molecule has 2 rings (SSSR count). The Morgan fingerprint density at radius 1 is 1.11 bits per heavy atom. The van der Waals surface area contributed by atoms with Gasteiger partial charge in [0, 0.05) is 11.8 Å². The first-order valence-electron chi connectivity index (χ1n) is 6.09. The highest BCUT2D eigenvalue weighted by atomic mass is 35.5. The van der Waals surface area contributed by atoms with Gasteiger partial charge < -0.3 is 5.11 Å². The Morgan fingerprint density at radius 3 is 2.56 bits per heavy atom. The van der Waals surface area contributed by atoms with Crippen LogP contribution in [0.25, 0.3) is 0 Å². The van der Waals surface area contributed by atoms with Gasteiger partial charge in [-0.3, -0.25) is 0 Å². The van der Waals surface area contributed by atoms with Crippen LogP contribution in [-0.4, -0.2) is 11.0 Å². The van der Waals surface area contributed by atoms with Crippen molar-refractivity contribution in [3.05, 3.63) is 65.2 Å². The molecule has 0 spiro atoms. The summed E-state index contributed by atoms with van der Waals surface area (Å²) in [6.45, 7) is 2.09. The molecule has 0 radical (unpaired) electrons. The zero-order valence-corrected chi connectivity index (χ0v) is 11.2. The van der Waals surface area contributed by atoms with Gasteiger partial charge in [-0.25, -0.2) is 0 Å². The molecule has 2 heteroatoms. The van der Waals surface area contributed by atoms with E-state index in [4.69, 9.17) is 11.6 Å². The lowest BCUT2D eigenvalue weighted by Gasteiger charge is -2.15. The minimum Gasteiger partial charge on any atom is -0.508 e. The van der Waals surface area contributed by atoms with E-state index in [1.165, 1.54) is 11.1 Å². The summed E-state index contributed by atoms with van der Waals surface area (Å²) in [5, 5.41) is 9.48. The third-order valence-corrected chi connectivity index (χ3v) is 3.46. The summed E-state index contributed by atoms with van der Waals surface area (Å²) in [6, 6.07) is 15.8. The highest BCUT2D eigenvalue weighted by Gasteiger charge is 2.11. The van der Waals surface area contributed by atoms with Crippen LogP contribution in [0.4, 0.5) is 0 Å². The number of hydrogen-bond donors (Lipinski definition) is 1. The minimum absolute atomic E-state index is 0.286. The monoisotopic (exact) mass is 260 g/mol. The molecule has 0 aliphatic heterocycles. The maximum absolute atomic E-state index is 9.48. The predicted molar refractivity (Wildman–Crippen MR) is 76.5 cm³/mol. The first-order chi connectivity index (χ1) is 8.69. The molecule has 0 aliphatic carbocycles. The second-order valence-electron chi connectivity index (χ2n) is 4.64. The lowest BCUT2D eigenvalue weighted by atomic mass is 9.92. The van der Waals surface area contributed by atoms with Gasteiger partial charge in [0.2, 0.25) is 0 Å². The number of hydrogen-bond acceptors (Lipinski definition) is 1. The van der Waals surface area contributed by atoms with Gasteiger partial charge in [-0.2, -0.15) is 0 Å². The average Bonchev–Trinajstić information content (AvgIpc) is 2.36. The molecule has 0 fully saturated rings. The van der Waals surface area contributed by atoms with Gasteiger partial charge in [-0.15, -0.1) is 11.6 Å². The lowest BCUT2D eigenvalue weighted by Crippen LogP contribution is -2.05. The fraction of sp³-hybridized carbons (Fsp3) is 0.250. The van der Waals surface area contributed by atoms with Gasteiger partial charge in [-0.1, -0.05) is 42.0 Å². The van der Waals surface area contributed by atoms with Crippen LogP contribution in [0.5, 0.6) is 5.75 Å². The Kier molecular flexibility index (Phi) is 4.27. The summed E-state index contributed by atoms with van der Waals surface area (Å²) in [6.07, 6.45) is 0.849. The molecule has 0 saturated carbocycles. The van der Waals surface area contributed by atoms with Crippen LogP contribution in [0.2, 0.25) is 0 Å². The zero-order valence-electron chi connectivity index (χ0n) is 10.4. The molecule has 2 aromatic carbocycles. The van der Waals surface area contributed by atoms with Crippen LogP contribution in [0.3, 0.4) is 0 Å². The first-order valence-corrected chi connectivity index (χ1v) is 6.63. The molecule has 94 valence electrons. The fourth-order valence-electron chi connectivity index (χ4n) is 2.15. The Bertz CT molecular complexity index is 522. The maximum Gasteiger partial charge on any atom is 0.115 e. The van der Waals surface area contributed by atoms with Gasteiger partial charge in [0.25, 0.3) is 0 Å². The number of phenolic OH excluding ortho intramolecular Hbond substituents is 1. The molecule has 0 aromatic heterocycles. The Morgan fingerprint density at radius 2 is 1.89 bits per heavy atom. The predicted octanol–water partition coefficient (Wildman–Crippen LogP) is 4.27. The molecular formula is C16H17ClO. The van der Waals surface area contributed by atoms with Crippen molar-refractivity contribution in [1.82, 2.24) is 0 Å². The summed E-state index contributed by atoms with van der Waals surface area (Å²) in [7, 11) is 0. The number of benzene rings is 2. The summed E-state index contributed by atoms with van der Waals surface area (Å²) in [5.41, 5.74) is 3.62. The van der Waals surface area contributed by atoms with E-state index in [1.54, 1.807) is 12.1 Å². The second-order valence-corrected chi connectivity index (χ2v) is 4.95. The van der Waals surface area contributed by atoms with E-state index in [9.17, 15) is 5.11 Å². The van der Waals surface area contributed by atoms with E-state index in [0.29, 0.717) is 11.6 Å². The van der Waals surface area contributed by atoms with Crippen molar-refractivity contribution in [2.45, 2.75) is 19.3 Å². The highest BCUT2D eigenvalue weighted by Crippen LogP contribution is 2.24. The number of halogens is 1. The summed E-state index contributed by atoms with van der Waals surface area (Å²) in [5.74, 6) is 1.18. The number of alkyl halides is 1. The SMILES string of the molecule is Cc1cccc(C(CCl)Cc2cccc(O)c2)c1. The lowest BCUT2D eigenvalue weighted by molar-refractivity contribution is 0.474. The Balaban J connectivity index is 2.19. The van der Waals surface area contributed by atoms with Crippen molar-refractivity contribution < 1.29 is 5.11 Å². The first kappa shape index (κ1) is 13.0. The topological polar surface area (TPSA) is 20.2 Å². The molecule has 1 atom stereocenters. The number of aromatic hydroxyl groups is 1. The third kappa shape index (κ3) is 3.27. The fourth-order valence-corrected chi connectivity index (χ4v) is 2.44. The molecule has 2 aromatic rings. The van der Waals surface area contributed by atoms with E-state index in [2.05, 4.69) is 31.2 Å². The normalized spacial score (nSPS) is 12.3. The van der Waals surface area contributed by atoms with Gasteiger partial charge in [0.05, 0.1) is 0 Å². The summed E-state index contributed by atoms with van der Waals surface area (Å²) >= 11 is 6.08. The molecule has 0 aliphatic rings. The Hall–Kier alpha value is -1.47. The average molecular weight is 261 g/mol. The number of phenols is 1. The molecule has 1 N–H and O–H groups in total. The van der Waals surface area contributed by atoms with Crippen LogP contribution in [0, 0.1) is 6.92 Å². The highest BCUT2D eigenvalue weighted by molar-refractivity contribution is 6.18. The van der Waals surface area contributed by atoms with Crippen molar-refractivity contribution in [1.29, 1.82) is 0 Å². The maximum atomic E-state index is 9.48. The van der Waals surface area contributed by atoms with Crippen molar-refractivity contribution in [2.24, 2.45) is 0 Å². The van der Waals surface area contributed by atoms with Crippen LogP contribution < -0.4 is 0 Å². The standard InChI is InChI=1S/C16H17ClO/c1-12-4-2-6-14(8-12)15(11-17)9-13-5-3-7-16(18)10-13/h2-8,10,15,18H,9,11H2,1H3. The van der Waals surface area contributed by atoms with Crippen LogP contribution in [-0.2, 0) is 6.42 Å². The molecule has 0 amide bonds. The molecular weight excluding hydrogens is 244 g/mol. The third-order valence-electron chi connectivity index (χ3n) is 3.09. The molecule has 0 bridgehead atoms. The zero-order chi connectivity index (χ0) is 13.0. The van der Waals surface area contributed by atoms with Gasteiger partial charge in [-0.05, 0) is 36.6 Å². The van der Waals surface area contributed by atoms with E-state index in [1.807, 2.05) is 12.1 Å². The Labute approximate surface area is 113 Å². The van der Waals surface area contributed by atoms with Crippen LogP contribution in [0.1, 0.15) is 22.6 Å². The molecule has 0 heterocycles. The van der Waals surface area contributed by atoms with E-state index in [0.717, 1.165) is 12.0 Å². The van der Waals surface area contributed by atoms with Crippen LogP contribution in [0.15, 0.2) is 48.5 Å². The van der Waals surface area contributed by atoms with Gasteiger partial charge in [0.15, 0.2) is 0 Å². The summed E-state index contributed by atoms with van der Waals surface area (Å²) in [4.78, 5) is 0. The molecule has 0 saturated heterocycles. The quantitative estimate of drug-likeness (QED) is 0.814. The number of aryl methyl sites for hydroxylation is 1. The van der Waals surface area contributed by atoms with Crippen molar-refractivity contribution >= 4 is 11.6 Å². The van der Waals surface area contributed by atoms with E-state index in [-0.39, 0.29) is 5.92 Å². The van der Waals surface area contributed by atoms with E-state index >= 15 is 0 Å². The van der Waals surface area contributed by atoms with Crippen molar-refractivity contribution in [3.8, 4) is 5.75 Å². The molecule has 1 unspecified atom stereocenters. The second kappa shape index (κ2) is 5.92. The van der Waals surface area contributed by atoms with Crippen molar-refractivity contribution in [3.63, 3.8) is 0 Å². The van der Waals surface area contributed by atoms with Crippen molar-refractivity contribution in [2.75, 3.05) is 5.88 Å². The largest absolute Gasteiger partial charge is 0.508 e. The van der Waals surface area contributed by atoms with Gasteiger partial charge >= 0.3 is 0 Å².